The maximum absolute atomic E-state index is 12.0. The third-order valence-electron chi connectivity index (χ3n) is 3.63. The van der Waals surface area contributed by atoms with Crippen LogP contribution in [0.5, 0.6) is 0 Å². The van der Waals surface area contributed by atoms with E-state index in [2.05, 4.69) is 15.3 Å². The van der Waals surface area contributed by atoms with E-state index in [4.69, 9.17) is 10.5 Å². The number of hydrogen-bond donors (Lipinski definition) is 2. The lowest BCUT2D eigenvalue weighted by atomic mass is 10.1. The predicted octanol–water partition coefficient (Wildman–Crippen LogP) is 1.89. The maximum Gasteiger partial charge on any atom is 0.407 e. The molecule has 1 atom stereocenters. The molecule has 1 fully saturated rings. The molecule has 0 radical (unpaired) electrons. The van der Waals surface area contributed by atoms with Crippen LogP contribution in [0.3, 0.4) is 0 Å². The van der Waals surface area contributed by atoms with Crippen LogP contribution in [-0.4, -0.2) is 40.6 Å². The zero-order valence-corrected chi connectivity index (χ0v) is 13.9. The first-order valence-electron chi connectivity index (χ1n) is 7.78. The minimum absolute atomic E-state index is 0.0478. The SMILES string of the molecule is Cn1ncc(N)c1N1CCCC[C@H](NC(=O)OC(C)(C)C)C1. The number of anilines is 2. The van der Waals surface area contributed by atoms with Crippen LogP contribution in [0.1, 0.15) is 40.0 Å². The monoisotopic (exact) mass is 309 g/mol. The number of rotatable bonds is 2. The van der Waals surface area contributed by atoms with Gasteiger partial charge in [-0.2, -0.15) is 5.10 Å². The summed E-state index contributed by atoms with van der Waals surface area (Å²) in [5.41, 5.74) is 6.20. The van der Waals surface area contributed by atoms with Gasteiger partial charge in [0.25, 0.3) is 0 Å². The number of nitrogens with two attached hydrogens (primary N) is 1. The average Bonchev–Trinajstić information content (AvgIpc) is 2.59. The number of nitrogens with zero attached hydrogens (tertiary/aromatic N) is 3. The van der Waals surface area contributed by atoms with Crippen LogP contribution in [-0.2, 0) is 11.8 Å². The smallest absolute Gasteiger partial charge is 0.407 e. The highest BCUT2D eigenvalue weighted by Gasteiger charge is 2.25. The normalized spacial score (nSPS) is 19.6. The van der Waals surface area contributed by atoms with Gasteiger partial charge in [-0.1, -0.05) is 0 Å². The molecule has 22 heavy (non-hydrogen) atoms. The second-order valence-electron chi connectivity index (χ2n) is 6.83. The quantitative estimate of drug-likeness (QED) is 0.871. The molecule has 0 bridgehead atoms. The zero-order valence-electron chi connectivity index (χ0n) is 13.9. The molecule has 0 unspecified atom stereocenters. The molecule has 0 aliphatic carbocycles. The van der Waals surface area contributed by atoms with Crippen molar-refractivity contribution in [2.24, 2.45) is 7.05 Å². The van der Waals surface area contributed by atoms with Gasteiger partial charge in [-0.3, -0.25) is 4.68 Å². The highest BCUT2D eigenvalue weighted by molar-refractivity contribution is 5.68. The van der Waals surface area contributed by atoms with Crippen LogP contribution < -0.4 is 16.0 Å². The Morgan fingerprint density at radius 2 is 2.18 bits per heavy atom. The maximum atomic E-state index is 12.0. The molecular weight excluding hydrogens is 282 g/mol. The summed E-state index contributed by atoms with van der Waals surface area (Å²) in [6, 6.07) is 0.0478. The van der Waals surface area contributed by atoms with Gasteiger partial charge in [-0.15, -0.1) is 0 Å². The Bertz CT molecular complexity index is 501. The second-order valence-corrected chi connectivity index (χ2v) is 6.83. The van der Waals surface area contributed by atoms with Crippen molar-refractivity contribution < 1.29 is 9.53 Å². The number of carbonyl (C=O) groups is 1. The van der Waals surface area contributed by atoms with Crippen molar-refractivity contribution in [3.63, 3.8) is 0 Å². The molecule has 2 rings (SSSR count). The minimum Gasteiger partial charge on any atom is -0.444 e. The lowest BCUT2D eigenvalue weighted by Gasteiger charge is -2.28. The second kappa shape index (κ2) is 6.46. The molecule has 2 heterocycles. The standard InChI is InChI=1S/C15H27N5O2/c1-15(2,3)22-14(21)18-11-7-5-6-8-20(10-11)13-12(16)9-17-19(13)4/h9,11H,5-8,10,16H2,1-4H3,(H,18,21)/t11-/m0/s1. The molecule has 1 aromatic rings. The molecule has 124 valence electrons. The third kappa shape index (κ3) is 4.29. The van der Waals surface area contributed by atoms with E-state index in [9.17, 15) is 4.79 Å². The van der Waals surface area contributed by atoms with Gasteiger partial charge >= 0.3 is 6.09 Å². The molecule has 3 N–H and O–H groups in total. The average molecular weight is 309 g/mol. The summed E-state index contributed by atoms with van der Waals surface area (Å²) in [4.78, 5) is 14.2. The van der Waals surface area contributed by atoms with Gasteiger partial charge in [0.05, 0.1) is 11.9 Å². The van der Waals surface area contributed by atoms with Crippen molar-refractivity contribution >= 4 is 17.6 Å². The summed E-state index contributed by atoms with van der Waals surface area (Å²) in [5, 5.41) is 7.17. The van der Waals surface area contributed by atoms with Crippen molar-refractivity contribution in [3.05, 3.63) is 6.20 Å². The van der Waals surface area contributed by atoms with Crippen LogP contribution in [0.2, 0.25) is 0 Å². The van der Waals surface area contributed by atoms with Crippen LogP contribution in [0, 0.1) is 0 Å². The molecule has 0 aromatic carbocycles. The van der Waals surface area contributed by atoms with Crippen LogP contribution in [0.25, 0.3) is 0 Å². The topological polar surface area (TPSA) is 85.4 Å². The largest absolute Gasteiger partial charge is 0.444 e. The zero-order chi connectivity index (χ0) is 16.3. The molecule has 1 aliphatic rings. The van der Waals surface area contributed by atoms with Gasteiger partial charge in [0.2, 0.25) is 0 Å². The van der Waals surface area contributed by atoms with Gasteiger partial charge in [-0.05, 0) is 40.0 Å². The first kappa shape index (κ1) is 16.5. The van der Waals surface area contributed by atoms with E-state index >= 15 is 0 Å². The summed E-state index contributed by atoms with van der Waals surface area (Å²) in [5.74, 6) is 0.915. The minimum atomic E-state index is -0.485. The molecular formula is C15H27N5O2. The summed E-state index contributed by atoms with van der Waals surface area (Å²) in [6.45, 7) is 7.21. The number of nitrogen functional groups attached to an aromatic ring is 1. The Morgan fingerprint density at radius 3 is 2.77 bits per heavy atom. The van der Waals surface area contributed by atoms with Gasteiger partial charge in [0.1, 0.15) is 11.4 Å². The molecule has 7 heteroatoms. The molecule has 0 saturated carbocycles. The number of alkyl carbamates (subject to hydrolysis) is 1. The number of nitrogens with one attached hydrogen (secondary N) is 1. The first-order valence-corrected chi connectivity index (χ1v) is 7.78. The molecule has 1 saturated heterocycles. The van der Waals surface area contributed by atoms with Gasteiger partial charge in [0.15, 0.2) is 0 Å². The Hall–Kier alpha value is -1.92. The van der Waals surface area contributed by atoms with Gasteiger partial charge < -0.3 is 20.7 Å². The molecule has 1 amide bonds. The number of carbonyl (C=O) groups excluding carboxylic acids is 1. The Morgan fingerprint density at radius 1 is 1.45 bits per heavy atom. The van der Waals surface area contributed by atoms with Crippen molar-refractivity contribution in [3.8, 4) is 0 Å². The Kier molecular flexibility index (Phi) is 4.83. The summed E-state index contributed by atoms with van der Waals surface area (Å²) in [7, 11) is 1.88. The molecule has 1 aliphatic heterocycles. The third-order valence-corrected chi connectivity index (χ3v) is 3.63. The lowest BCUT2D eigenvalue weighted by molar-refractivity contribution is 0.0504. The molecule has 7 nitrogen and oxygen atoms in total. The van der Waals surface area contributed by atoms with Crippen molar-refractivity contribution in [1.82, 2.24) is 15.1 Å². The number of aromatic nitrogens is 2. The first-order chi connectivity index (χ1) is 10.3. The van der Waals surface area contributed by atoms with E-state index in [0.29, 0.717) is 12.2 Å². The van der Waals surface area contributed by atoms with Crippen LogP contribution in [0.15, 0.2) is 6.20 Å². The number of ether oxygens (including phenoxy) is 1. The van der Waals surface area contributed by atoms with Crippen LogP contribution >= 0.6 is 0 Å². The van der Waals surface area contributed by atoms with Gasteiger partial charge in [-0.25, -0.2) is 4.79 Å². The summed E-state index contributed by atoms with van der Waals surface area (Å²) < 4.78 is 7.13. The highest BCUT2D eigenvalue weighted by Crippen LogP contribution is 2.25. The fourth-order valence-electron chi connectivity index (χ4n) is 2.76. The summed E-state index contributed by atoms with van der Waals surface area (Å²) in [6.07, 6.45) is 4.37. The fraction of sp³-hybridized carbons (Fsp3) is 0.733. The highest BCUT2D eigenvalue weighted by atomic mass is 16.6. The summed E-state index contributed by atoms with van der Waals surface area (Å²) >= 11 is 0. The van der Waals surface area contributed by atoms with E-state index < -0.39 is 5.60 Å². The van der Waals surface area contributed by atoms with E-state index in [1.54, 1.807) is 10.9 Å². The molecule has 0 spiro atoms. The number of hydrogen-bond acceptors (Lipinski definition) is 5. The van der Waals surface area contributed by atoms with E-state index in [1.807, 2.05) is 27.8 Å². The Labute approximate surface area is 131 Å². The van der Waals surface area contributed by atoms with Crippen molar-refractivity contribution in [2.45, 2.75) is 51.7 Å². The number of amides is 1. The van der Waals surface area contributed by atoms with E-state index in [1.165, 1.54) is 0 Å². The van der Waals surface area contributed by atoms with E-state index in [0.717, 1.165) is 31.6 Å². The van der Waals surface area contributed by atoms with Gasteiger partial charge in [0, 0.05) is 26.2 Å². The fourth-order valence-corrected chi connectivity index (χ4v) is 2.76. The lowest BCUT2D eigenvalue weighted by Crippen LogP contribution is -2.45. The molecule has 1 aromatic heterocycles. The number of aryl methyl sites for hydroxylation is 1. The Balaban J connectivity index is 2.03. The van der Waals surface area contributed by atoms with Crippen molar-refractivity contribution in [2.75, 3.05) is 23.7 Å². The van der Waals surface area contributed by atoms with Crippen LogP contribution in [0.4, 0.5) is 16.3 Å². The predicted molar refractivity (Wildman–Crippen MR) is 86.8 cm³/mol. The van der Waals surface area contributed by atoms with E-state index in [-0.39, 0.29) is 12.1 Å². The van der Waals surface area contributed by atoms with Crippen molar-refractivity contribution in [1.29, 1.82) is 0 Å².